The molecule has 0 amide bonds. The Labute approximate surface area is 86.6 Å². The third-order valence-corrected chi connectivity index (χ3v) is 1.86. The third kappa shape index (κ3) is 2.26. The molecule has 0 radical (unpaired) electrons. The summed E-state index contributed by atoms with van der Waals surface area (Å²) in [7, 11) is 1.43. The van der Waals surface area contributed by atoms with Gasteiger partial charge in [-0.3, -0.25) is 4.79 Å². The summed E-state index contributed by atoms with van der Waals surface area (Å²) in [5.41, 5.74) is 0.446. The molecule has 4 heteroatoms. The molecular formula is C10H9ClO3. The maximum Gasteiger partial charge on any atom is 0.165 e. The molecular weight excluding hydrogens is 204 g/mol. The second-order valence-electron chi connectivity index (χ2n) is 2.54. The summed E-state index contributed by atoms with van der Waals surface area (Å²) >= 11 is 5.77. The lowest BCUT2D eigenvalue weighted by Gasteiger charge is -2.06. The number of carbonyl (C=O) groups is 1. The highest BCUT2D eigenvalue weighted by Gasteiger charge is 2.07. The zero-order valence-electron chi connectivity index (χ0n) is 7.53. The maximum atomic E-state index is 10.1. The molecule has 3 nitrogen and oxygen atoms in total. The fourth-order valence-electron chi connectivity index (χ4n) is 1.02. The van der Waals surface area contributed by atoms with Crippen LogP contribution in [0.4, 0.5) is 0 Å². The van der Waals surface area contributed by atoms with E-state index < -0.39 is 0 Å². The molecule has 0 saturated carbocycles. The van der Waals surface area contributed by atoms with Gasteiger partial charge >= 0.3 is 0 Å². The highest BCUT2D eigenvalue weighted by molar-refractivity contribution is 6.31. The van der Waals surface area contributed by atoms with Crippen molar-refractivity contribution < 1.29 is 14.6 Å². The van der Waals surface area contributed by atoms with Crippen molar-refractivity contribution in [3.05, 3.63) is 28.8 Å². The topological polar surface area (TPSA) is 46.5 Å². The molecule has 0 atom stereocenters. The number of halogens is 1. The largest absolute Gasteiger partial charge is 0.504 e. The Morgan fingerprint density at radius 2 is 2.21 bits per heavy atom. The molecule has 0 unspecified atom stereocenters. The molecule has 0 spiro atoms. The van der Waals surface area contributed by atoms with Crippen LogP contribution in [0.2, 0.25) is 5.02 Å². The summed E-state index contributed by atoms with van der Waals surface area (Å²) in [6.45, 7) is 0. The van der Waals surface area contributed by atoms with E-state index in [-0.39, 0.29) is 11.5 Å². The van der Waals surface area contributed by atoms with Gasteiger partial charge in [0, 0.05) is 16.7 Å². The third-order valence-electron chi connectivity index (χ3n) is 1.64. The van der Waals surface area contributed by atoms with Crippen molar-refractivity contribution in [2.45, 2.75) is 0 Å². The van der Waals surface area contributed by atoms with Gasteiger partial charge in [-0.15, -0.1) is 0 Å². The van der Waals surface area contributed by atoms with E-state index in [4.69, 9.17) is 16.3 Å². The second-order valence-corrected chi connectivity index (χ2v) is 2.98. The first kappa shape index (κ1) is 10.6. The van der Waals surface area contributed by atoms with Crippen LogP contribution in [0.1, 0.15) is 5.56 Å². The zero-order chi connectivity index (χ0) is 10.6. The summed E-state index contributed by atoms with van der Waals surface area (Å²) in [6.07, 6.45) is 3.34. The van der Waals surface area contributed by atoms with Crippen molar-refractivity contribution in [2.24, 2.45) is 0 Å². The van der Waals surface area contributed by atoms with Crippen LogP contribution in [-0.4, -0.2) is 18.5 Å². The molecule has 1 aromatic rings. The monoisotopic (exact) mass is 212 g/mol. The number of methoxy groups -OCH3 is 1. The number of aldehydes is 1. The predicted octanol–water partition coefficient (Wildman–Crippen LogP) is 2.27. The number of hydrogen-bond acceptors (Lipinski definition) is 3. The molecule has 74 valence electrons. The van der Waals surface area contributed by atoms with Crippen LogP contribution in [0.5, 0.6) is 11.5 Å². The molecule has 0 aliphatic rings. The molecule has 0 fully saturated rings. The van der Waals surface area contributed by atoms with Crippen LogP contribution < -0.4 is 4.74 Å². The number of phenolic OH excluding ortho intramolecular Hbond substituents is 1. The highest BCUT2D eigenvalue weighted by atomic mass is 35.5. The van der Waals surface area contributed by atoms with Gasteiger partial charge in [-0.25, -0.2) is 0 Å². The lowest BCUT2D eigenvalue weighted by Crippen LogP contribution is -1.86. The quantitative estimate of drug-likeness (QED) is 0.618. The number of ether oxygens (including phenoxy) is 1. The van der Waals surface area contributed by atoms with E-state index in [0.717, 1.165) is 0 Å². The number of rotatable bonds is 3. The van der Waals surface area contributed by atoms with Gasteiger partial charge in [0.1, 0.15) is 6.29 Å². The Kier molecular flexibility index (Phi) is 3.54. The van der Waals surface area contributed by atoms with Gasteiger partial charge < -0.3 is 9.84 Å². The summed E-state index contributed by atoms with van der Waals surface area (Å²) in [5, 5.41) is 10.0. The molecule has 0 saturated heterocycles. The van der Waals surface area contributed by atoms with Crippen molar-refractivity contribution in [1.29, 1.82) is 0 Å². The second kappa shape index (κ2) is 4.67. The van der Waals surface area contributed by atoms with Crippen molar-refractivity contribution in [1.82, 2.24) is 0 Å². The summed E-state index contributed by atoms with van der Waals surface area (Å²) in [5.74, 6) is 0.248. The fourth-order valence-corrected chi connectivity index (χ4v) is 1.24. The lowest BCUT2D eigenvalue weighted by atomic mass is 10.1. The average molecular weight is 213 g/mol. The summed E-state index contributed by atoms with van der Waals surface area (Å²) in [4.78, 5) is 10.1. The van der Waals surface area contributed by atoms with Crippen molar-refractivity contribution in [2.75, 3.05) is 7.11 Å². The van der Waals surface area contributed by atoms with Gasteiger partial charge in [0.05, 0.1) is 7.11 Å². The molecule has 14 heavy (non-hydrogen) atoms. The molecule has 1 rings (SSSR count). The van der Waals surface area contributed by atoms with Gasteiger partial charge in [-0.1, -0.05) is 11.6 Å². The first-order chi connectivity index (χ1) is 6.69. The summed E-state index contributed by atoms with van der Waals surface area (Å²) < 4.78 is 4.89. The number of benzene rings is 1. The van der Waals surface area contributed by atoms with Crippen molar-refractivity contribution >= 4 is 24.0 Å². The van der Waals surface area contributed by atoms with Crippen LogP contribution in [0.15, 0.2) is 18.2 Å². The van der Waals surface area contributed by atoms with Gasteiger partial charge in [-0.2, -0.15) is 0 Å². The minimum absolute atomic E-state index is 0.0324. The Morgan fingerprint density at radius 3 is 2.79 bits per heavy atom. The molecule has 0 bridgehead atoms. The fraction of sp³-hybridized carbons (Fsp3) is 0.100. The first-order valence-corrected chi connectivity index (χ1v) is 4.25. The molecule has 0 aliphatic heterocycles. The maximum absolute atomic E-state index is 10.1. The molecule has 0 heterocycles. The number of hydrogen-bond donors (Lipinski definition) is 1. The normalized spacial score (nSPS) is 10.4. The van der Waals surface area contributed by atoms with E-state index in [2.05, 4.69) is 0 Å². The van der Waals surface area contributed by atoms with E-state index in [0.29, 0.717) is 16.9 Å². The molecule has 0 aromatic heterocycles. The van der Waals surface area contributed by atoms with Crippen LogP contribution in [0.25, 0.3) is 6.08 Å². The summed E-state index contributed by atoms with van der Waals surface area (Å²) in [6, 6.07) is 3.04. The van der Waals surface area contributed by atoms with Gasteiger partial charge in [0.25, 0.3) is 0 Å². The predicted molar refractivity (Wildman–Crippen MR) is 54.8 cm³/mol. The first-order valence-electron chi connectivity index (χ1n) is 3.87. The smallest absolute Gasteiger partial charge is 0.165 e. The Hall–Kier alpha value is -1.48. The van der Waals surface area contributed by atoms with Crippen LogP contribution in [0, 0.1) is 0 Å². The lowest BCUT2D eigenvalue weighted by molar-refractivity contribution is -0.104. The number of phenols is 1. The Morgan fingerprint density at radius 1 is 1.50 bits per heavy atom. The van der Waals surface area contributed by atoms with E-state index in [1.807, 2.05) is 0 Å². The number of aromatic hydroxyl groups is 1. The van der Waals surface area contributed by atoms with E-state index in [1.165, 1.54) is 25.3 Å². The zero-order valence-corrected chi connectivity index (χ0v) is 8.28. The minimum Gasteiger partial charge on any atom is -0.504 e. The number of carbonyl (C=O) groups excluding carboxylic acids is 1. The average Bonchev–Trinajstić information content (AvgIpc) is 2.18. The molecule has 1 N–H and O–H groups in total. The number of allylic oxidation sites excluding steroid dienone is 1. The van der Waals surface area contributed by atoms with E-state index in [9.17, 15) is 9.90 Å². The van der Waals surface area contributed by atoms with Crippen molar-refractivity contribution in [3.63, 3.8) is 0 Å². The van der Waals surface area contributed by atoms with Crippen molar-refractivity contribution in [3.8, 4) is 11.5 Å². The van der Waals surface area contributed by atoms with Crippen LogP contribution in [0.3, 0.4) is 0 Å². The Bertz CT molecular complexity index is 372. The SMILES string of the molecule is COc1cc(Cl)cc(C=CC=O)c1O. The van der Waals surface area contributed by atoms with E-state index in [1.54, 1.807) is 6.07 Å². The van der Waals surface area contributed by atoms with Gasteiger partial charge in [0.2, 0.25) is 0 Å². The van der Waals surface area contributed by atoms with Gasteiger partial charge in [0.15, 0.2) is 11.5 Å². The highest BCUT2D eigenvalue weighted by Crippen LogP contribution is 2.33. The minimum atomic E-state index is -0.0324. The standard InChI is InChI=1S/C10H9ClO3/c1-14-9-6-8(11)5-7(10(9)13)3-2-4-12/h2-6,13H,1H3. The van der Waals surface area contributed by atoms with E-state index >= 15 is 0 Å². The van der Waals surface area contributed by atoms with Crippen LogP contribution in [-0.2, 0) is 4.79 Å². The van der Waals surface area contributed by atoms with Crippen LogP contribution >= 0.6 is 11.6 Å². The van der Waals surface area contributed by atoms with Gasteiger partial charge in [-0.05, 0) is 18.2 Å². The Balaban J connectivity index is 3.21. The molecule has 0 aliphatic carbocycles. The molecule has 1 aromatic carbocycles.